The maximum Gasteiger partial charge on any atom is 0.417 e. The van der Waals surface area contributed by atoms with Crippen LogP contribution in [0, 0.1) is 23.2 Å². The number of aliphatic hydroxyl groups excluding tert-OH is 2. The first-order chi connectivity index (χ1) is 15.7. The molecule has 0 aromatic heterocycles. The zero-order valence-corrected chi connectivity index (χ0v) is 20.5. The van der Waals surface area contributed by atoms with Gasteiger partial charge in [0, 0.05) is 6.54 Å². The summed E-state index contributed by atoms with van der Waals surface area (Å²) < 4.78 is 38.6. The Balaban J connectivity index is 1.62. The first-order valence-electron chi connectivity index (χ1n) is 12.5. The molecule has 0 aliphatic heterocycles. The van der Waals surface area contributed by atoms with Crippen LogP contribution >= 0.6 is 0 Å². The molecule has 2 unspecified atom stereocenters. The van der Waals surface area contributed by atoms with Crippen molar-refractivity contribution in [1.82, 2.24) is 5.32 Å². The Bertz CT molecular complexity index is 794. The van der Waals surface area contributed by atoms with Crippen molar-refractivity contribution in [1.29, 1.82) is 0 Å². The number of aliphatic hydroxyl groups is 3. The molecule has 0 heterocycles. The van der Waals surface area contributed by atoms with E-state index < -0.39 is 36.3 Å². The fourth-order valence-corrected chi connectivity index (χ4v) is 6.64. The summed E-state index contributed by atoms with van der Waals surface area (Å²) in [5, 5.41) is 32.1. The number of nitrogens with one attached hydrogen (secondary N) is 1. The molecule has 3 rings (SSSR count). The molecule has 8 heteroatoms. The normalized spacial score (nSPS) is 36.0. The molecule has 0 spiro atoms. The van der Waals surface area contributed by atoms with Gasteiger partial charge < -0.3 is 20.6 Å². The van der Waals surface area contributed by atoms with Gasteiger partial charge in [-0.3, -0.25) is 4.79 Å². The Morgan fingerprint density at radius 3 is 2.47 bits per heavy atom. The van der Waals surface area contributed by atoms with E-state index in [1.807, 2.05) is 6.92 Å². The molecule has 3 saturated carbocycles. The van der Waals surface area contributed by atoms with Crippen LogP contribution < -0.4 is 5.32 Å². The van der Waals surface area contributed by atoms with E-state index in [9.17, 15) is 33.3 Å². The van der Waals surface area contributed by atoms with Crippen LogP contribution in [0.3, 0.4) is 0 Å². The number of rotatable bonds is 6. The van der Waals surface area contributed by atoms with Crippen LogP contribution in [0.4, 0.5) is 13.2 Å². The quantitative estimate of drug-likeness (QED) is 0.447. The van der Waals surface area contributed by atoms with Crippen molar-refractivity contribution in [2.24, 2.45) is 23.2 Å². The van der Waals surface area contributed by atoms with Crippen LogP contribution in [0.5, 0.6) is 0 Å². The molecule has 1 amide bonds. The lowest BCUT2D eigenvalue weighted by Gasteiger charge is -2.44. The maximum absolute atomic E-state index is 12.9. The van der Waals surface area contributed by atoms with Crippen LogP contribution in [0.2, 0.25) is 0 Å². The second-order valence-electron chi connectivity index (χ2n) is 11.3. The third-order valence-corrected chi connectivity index (χ3v) is 8.53. The van der Waals surface area contributed by atoms with E-state index in [1.165, 1.54) is 5.57 Å². The molecular formula is C26H40F3NO4. The monoisotopic (exact) mass is 487 g/mol. The number of carbonyl (C=O) groups is 1. The van der Waals surface area contributed by atoms with E-state index in [2.05, 4.69) is 24.4 Å². The van der Waals surface area contributed by atoms with Crippen molar-refractivity contribution in [2.75, 3.05) is 6.54 Å². The van der Waals surface area contributed by atoms with E-state index in [1.54, 1.807) is 0 Å². The average molecular weight is 488 g/mol. The number of carbonyl (C=O) groups excluding carboxylic acids is 1. The lowest BCUT2D eigenvalue weighted by molar-refractivity contribution is -0.253. The van der Waals surface area contributed by atoms with E-state index in [0.717, 1.165) is 37.7 Å². The molecule has 0 aromatic rings. The van der Waals surface area contributed by atoms with Crippen molar-refractivity contribution in [3.63, 3.8) is 0 Å². The van der Waals surface area contributed by atoms with Crippen molar-refractivity contribution in [2.45, 2.75) is 103 Å². The highest BCUT2D eigenvalue weighted by Crippen LogP contribution is 2.59. The highest BCUT2D eigenvalue weighted by Gasteiger charge is 2.52. The minimum atomic E-state index is -4.85. The smallest absolute Gasteiger partial charge is 0.393 e. The standard InChI is InChI=1S/C26H40F3NO4/c1-16(15-30-23(33)14-25(3,34)26(27,28)29)21-8-9-22-18(5-4-10-24(21,22)2)7-6-17-11-19(31)13-20(32)12-17/h6-7,16,19-22,31-32,34H,4-5,8-15H2,1-3H3,(H,30,33)/b18-7+/t16-,19+,20+,21?,22-,24+,25?/m0/s1. The number of allylic oxidation sites excluding steroid dienone is 3. The van der Waals surface area contributed by atoms with Crippen LogP contribution in [-0.2, 0) is 4.79 Å². The summed E-state index contributed by atoms with van der Waals surface area (Å²) in [6.07, 6.45) is 4.29. The molecule has 0 bridgehead atoms. The predicted octanol–water partition coefficient (Wildman–Crippen LogP) is 4.42. The second kappa shape index (κ2) is 10.3. The molecular weight excluding hydrogens is 447 g/mol. The molecule has 5 nitrogen and oxygen atoms in total. The number of hydrogen-bond donors (Lipinski definition) is 4. The molecule has 0 aromatic carbocycles. The summed E-state index contributed by atoms with van der Waals surface area (Å²) in [6, 6.07) is 0. The zero-order valence-electron chi connectivity index (χ0n) is 20.5. The average Bonchev–Trinajstić information content (AvgIpc) is 3.06. The molecule has 0 saturated heterocycles. The SMILES string of the molecule is C[C@@H](CNC(=O)CC(C)(O)C(F)(F)F)C1CC[C@H]2/C(=C/C=C3C[C@@H](O)C[C@H](O)C3)CCC[C@]12C. The third kappa shape index (κ3) is 6.05. The molecule has 194 valence electrons. The van der Waals surface area contributed by atoms with Crippen LogP contribution in [-0.4, -0.2) is 51.8 Å². The van der Waals surface area contributed by atoms with Gasteiger partial charge in [0.1, 0.15) is 0 Å². The summed E-state index contributed by atoms with van der Waals surface area (Å²) in [5.41, 5.74) is -0.495. The fourth-order valence-electron chi connectivity index (χ4n) is 6.64. The minimum Gasteiger partial charge on any atom is -0.393 e. The molecule has 34 heavy (non-hydrogen) atoms. The van der Waals surface area contributed by atoms with Gasteiger partial charge in [-0.15, -0.1) is 0 Å². The molecule has 3 aliphatic rings. The van der Waals surface area contributed by atoms with Gasteiger partial charge in [-0.25, -0.2) is 0 Å². The highest BCUT2D eigenvalue weighted by atomic mass is 19.4. The third-order valence-electron chi connectivity index (χ3n) is 8.53. The number of halogens is 3. The van der Waals surface area contributed by atoms with Gasteiger partial charge >= 0.3 is 6.18 Å². The van der Waals surface area contributed by atoms with Crippen molar-refractivity contribution < 1.29 is 33.3 Å². The molecule has 3 aliphatic carbocycles. The van der Waals surface area contributed by atoms with Crippen molar-refractivity contribution in [3.8, 4) is 0 Å². The highest BCUT2D eigenvalue weighted by molar-refractivity contribution is 5.77. The summed E-state index contributed by atoms with van der Waals surface area (Å²) in [6.45, 7) is 5.26. The Labute approximate surface area is 200 Å². The van der Waals surface area contributed by atoms with Gasteiger partial charge in [0.05, 0.1) is 18.6 Å². The summed E-state index contributed by atoms with van der Waals surface area (Å²) in [4.78, 5) is 12.1. The van der Waals surface area contributed by atoms with E-state index in [-0.39, 0.29) is 11.3 Å². The minimum absolute atomic E-state index is 0.0653. The topological polar surface area (TPSA) is 89.8 Å². The number of hydrogen-bond acceptors (Lipinski definition) is 4. The van der Waals surface area contributed by atoms with E-state index in [0.29, 0.717) is 44.6 Å². The lowest BCUT2D eigenvalue weighted by atomic mass is 9.61. The Kier molecular flexibility index (Phi) is 8.25. The van der Waals surface area contributed by atoms with Crippen LogP contribution in [0.1, 0.15) is 78.6 Å². The fraction of sp³-hybridized carbons (Fsp3) is 0.808. The predicted molar refractivity (Wildman–Crippen MR) is 124 cm³/mol. The first-order valence-corrected chi connectivity index (χ1v) is 12.5. The van der Waals surface area contributed by atoms with Gasteiger partial charge in [-0.1, -0.05) is 37.1 Å². The number of fused-ring (bicyclic) bond motifs is 1. The van der Waals surface area contributed by atoms with Crippen molar-refractivity contribution in [3.05, 3.63) is 23.3 Å². The Morgan fingerprint density at radius 2 is 1.85 bits per heavy atom. The largest absolute Gasteiger partial charge is 0.417 e. The van der Waals surface area contributed by atoms with Gasteiger partial charge in [-0.05, 0) is 81.5 Å². The Morgan fingerprint density at radius 1 is 1.21 bits per heavy atom. The van der Waals surface area contributed by atoms with Crippen molar-refractivity contribution >= 4 is 5.91 Å². The summed E-state index contributed by atoms with van der Waals surface area (Å²) in [7, 11) is 0. The number of amides is 1. The zero-order chi connectivity index (χ0) is 25.3. The van der Waals surface area contributed by atoms with E-state index >= 15 is 0 Å². The van der Waals surface area contributed by atoms with Crippen LogP contribution in [0.15, 0.2) is 23.3 Å². The summed E-state index contributed by atoms with van der Waals surface area (Å²) in [5.74, 6) is 0.0824. The van der Waals surface area contributed by atoms with Gasteiger partial charge in [-0.2, -0.15) is 13.2 Å². The van der Waals surface area contributed by atoms with E-state index in [4.69, 9.17) is 0 Å². The molecule has 3 fully saturated rings. The Hall–Kier alpha value is -1.38. The van der Waals surface area contributed by atoms with Crippen LogP contribution in [0.25, 0.3) is 0 Å². The van der Waals surface area contributed by atoms with Gasteiger partial charge in [0.25, 0.3) is 0 Å². The van der Waals surface area contributed by atoms with Gasteiger partial charge in [0.15, 0.2) is 5.60 Å². The molecule has 0 radical (unpaired) electrons. The molecule has 7 atom stereocenters. The van der Waals surface area contributed by atoms with Gasteiger partial charge in [0.2, 0.25) is 5.91 Å². The summed E-state index contributed by atoms with van der Waals surface area (Å²) >= 11 is 0. The number of alkyl halides is 3. The maximum atomic E-state index is 12.9. The first kappa shape index (κ1) is 27.2. The lowest BCUT2D eigenvalue weighted by Crippen LogP contribution is -2.47. The molecule has 4 N–H and O–H groups in total. The second-order valence-corrected chi connectivity index (χ2v) is 11.3.